The fraction of sp³-hybridized carbons (Fsp3) is 0.611. The van der Waals surface area contributed by atoms with E-state index in [1.54, 1.807) is 0 Å². The molecule has 25 heavy (non-hydrogen) atoms. The zero-order valence-corrected chi connectivity index (χ0v) is 14.5. The fourth-order valence-corrected chi connectivity index (χ4v) is 3.93. The number of ether oxygens (including phenoxy) is 1. The number of aromatic nitrogens is 2. The maximum Gasteiger partial charge on any atom is 0.258 e. The number of hydrogen-bond acceptors (Lipinski definition) is 6. The Labute approximate surface area is 145 Å². The van der Waals surface area contributed by atoms with Gasteiger partial charge in [0.25, 0.3) is 5.91 Å². The van der Waals surface area contributed by atoms with Crippen molar-refractivity contribution in [3.05, 3.63) is 17.7 Å². The van der Waals surface area contributed by atoms with Gasteiger partial charge in [0.2, 0.25) is 5.71 Å². The molecule has 1 N–H and O–H groups in total. The Balaban J connectivity index is 1.55. The molecular weight excluding hydrogens is 320 g/mol. The molecule has 132 valence electrons. The second-order valence-electron chi connectivity index (χ2n) is 7.79. The highest BCUT2D eigenvalue weighted by Gasteiger charge is 2.40. The molecule has 1 amide bonds. The van der Waals surface area contributed by atoms with E-state index in [9.17, 15) is 4.79 Å². The summed E-state index contributed by atoms with van der Waals surface area (Å²) in [6.07, 6.45) is 6.10. The number of carbonyl (C=O) groups is 1. The quantitative estimate of drug-likeness (QED) is 0.923. The standard InChI is InChI=1S/C18H22N4O3/c1-10-13(17(23)22-7-11-3-4-12(8-22)25-11)14-15(21-18(2)5-6-18)19-9-20-16(14)24-10/h9,11-12H,3-8H2,1-2H3,(H,19,20,21)/t11-,12?/m0/s1. The summed E-state index contributed by atoms with van der Waals surface area (Å²) in [5, 5.41) is 4.18. The molecule has 0 radical (unpaired) electrons. The second-order valence-corrected chi connectivity index (χ2v) is 7.79. The minimum atomic E-state index is -0.00440. The van der Waals surface area contributed by atoms with Crippen molar-refractivity contribution in [3.8, 4) is 0 Å². The minimum Gasteiger partial charge on any atom is -0.442 e. The maximum atomic E-state index is 13.3. The van der Waals surface area contributed by atoms with E-state index in [2.05, 4.69) is 22.2 Å². The fourth-order valence-electron chi connectivity index (χ4n) is 3.93. The third-order valence-electron chi connectivity index (χ3n) is 5.63. The average Bonchev–Trinajstić information content (AvgIpc) is 3.06. The summed E-state index contributed by atoms with van der Waals surface area (Å²) in [7, 11) is 0. The molecule has 0 aromatic carbocycles. The highest BCUT2D eigenvalue weighted by atomic mass is 16.5. The van der Waals surface area contributed by atoms with Gasteiger partial charge in [0.05, 0.1) is 23.2 Å². The molecule has 7 heteroatoms. The number of anilines is 1. The van der Waals surface area contributed by atoms with Gasteiger partial charge in [-0.15, -0.1) is 0 Å². The van der Waals surface area contributed by atoms with Crippen LogP contribution >= 0.6 is 0 Å². The number of fused-ring (bicyclic) bond motifs is 3. The Morgan fingerprint density at radius 2 is 2.00 bits per heavy atom. The molecule has 5 rings (SSSR count). The zero-order chi connectivity index (χ0) is 17.2. The van der Waals surface area contributed by atoms with E-state index < -0.39 is 0 Å². The van der Waals surface area contributed by atoms with Gasteiger partial charge in [-0.05, 0) is 39.5 Å². The molecule has 1 aliphatic carbocycles. The molecule has 2 atom stereocenters. The SMILES string of the molecule is Cc1oc2ncnc(NC3(C)CC3)c2c1C(=O)N1CC2CC[C@@H](C1)O2. The summed E-state index contributed by atoms with van der Waals surface area (Å²) < 4.78 is 11.6. The van der Waals surface area contributed by atoms with E-state index in [1.807, 2.05) is 11.8 Å². The Morgan fingerprint density at radius 3 is 2.68 bits per heavy atom. The molecule has 2 aromatic heterocycles. The lowest BCUT2D eigenvalue weighted by Gasteiger charge is -2.32. The molecular formula is C18H22N4O3. The van der Waals surface area contributed by atoms with Gasteiger partial charge in [-0.2, -0.15) is 0 Å². The summed E-state index contributed by atoms with van der Waals surface area (Å²) in [5.41, 5.74) is 1.12. The Morgan fingerprint density at radius 1 is 1.28 bits per heavy atom. The lowest BCUT2D eigenvalue weighted by molar-refractivity contribution is -0.0303. The second kappa shape index (κ2) is 5.17. The van der Waals surface area contributed by atoms with E-state index >= 15 is 0 Å². The van der Waals surface area contributed by atoms with Crippen LogP contribution in [0.5, 0.6) is 0 Å². The molecule has 2 aromatic rings. The monoisotopic (exact) mass is 342 g/mol. The topological polar surface area (TPSA) is 80.5 Å². The lowest BCUT2D eigenvalue weighted by Crippen LogP contribution is -2.45. The van der Waals surface area contributed by atoms with Crippen LogP contribution in [0.1, 0.15) is 48.7 Å². The van der Waals surface area contributed by atoms with Crippen molar-refractivity contribution in [2.75, 3.05) is 18.4 Å². The van der Waals surface area contributed by atoms with Crippen LogP contribution in [0, 0.1) is 6.92 Å². The predicted molar refractivity (Wildman–Crippen MR) is 91.6 cm³/mol. The zero-order valence-electron chi connectivity index (χ0n) is 14.5. The van der Waals surface area contributed by atoms with Crippen molar-refractivity contribution >= 4 is 22.8 Å². The molecule has 3 fully saturated rings. The van der Waals surface area contributed by atoms with Crippen LogP contribution in [0.15, 0.2) is 10.7 Å². The van der Waals surface area contributed by atoms with Crippen molar-refractivity contribution in [1.82, 2.24) is 14.9 Å². The van der Waals surface area contributed by atoms with E-state index in [4.69, 9.17) is 9.15 Å². The van der Waals surface area contributed by atoms with Gasteiger partial charge in [0.1, 0.15) is 17.9 Å². The Bertz CT molecular complexity index is 845. The van der Waals surface area contributed by atoms with Crippen molar-refractivity contribution in [3.63, 3.8) is 0 Å². The van der Waals surface area contributed by atoms with Crippen LogP contribution in [0.4, 0.5) is 5.82 Å². The van der Waals surface area contributed by atoms with Crippen molar-refractivity contribution < 1.29 is 13.9 Å². The van der Waals surface area contributed by atoms with Crippen LogP contribution in [0.2, 0.25) is 0 Å². The number of rotatable bonds is 3. The van der Waals surface area contributed by atoms with Crippen LogP contribution in [0.3, 0.4) is 0 Å². The molecule has 2 saturated heterocycles. The number of amides is 1. The van der Waals surface area contributed by atoms with Crippen LogP contribution < -0.4 is 5.32 Å². The van der Waals surface area contributed by atoms with Crippen molar-refractivity contribution in [2.45, 2.75) is 57.3 Å². The number of morpholine rings is 1. The van der Waals surface area contributed by atoms with E-state index in [1.165, 1.54) is 6.33 Å². The molecule has 3 aliphatic rings. The van der Waals surface area contributed by atoms with Gasteiger partial charge in [-0.3, -0.25) is 4.79 Å². The first-order valence-electron chi connectivity index (χ1n) is 8.99. The number of carbonyl (C=O) groups excluding carboxylic acids is 1. The number of furan rings is 1. The van der Waals surface area contributed by atoms with Crippen molar-refractivity contribution in [2.24, 2.45) is 0 Å². The van der Waals surface area contributed by atoms with Gasteiger partial charge in [0.15, 0.2) is 0 Å². The first kappa shape index (κ1) is 15.1. The molecule has 4 heterocycles. The first-order valence-corrected chi connectivity index (χ1v) is 8.99. The molecule has 2 aliphatic heterocycles. The normalized spacial score (nSPS) is 26.9. The van der Waals surface area contributed by atoms with Crippen molar-refractivity contribution in [1.29, 1.82) is 0 Å². The highest BCUT2D eigenvalue weighted by Crippen LogP contribution is 2.40. The molecule has 7 nitrogen and oxygen atoms in total. The number of aryl methyl sites for hydroxylation is 1. The average molecular weight is 342 g/mol. The van der Waals surface area contributed by atoms with Gasteiger partial charge in [-0.25, -0.2) is 9.97 Å². The highest BCUT2D eigenvalue weighted by molar-refractivity contribution is 6.10. The number of nitrogens with zero attached hydrogens (tertiary/aromatic N) is 3. The van der Waals surface area contributed by atoms with E-state index in [0.717, 1.165) is 25.7 Å². The minimum absolute atomic E-state index is 0.00440. The summed E-state index contributed by atoms with van der Waals surface area (Å²) in [6.45, 7) is 5.28. The third-order valence-corrected chi connectivity index (χ3v) is 5.63. The van der Waals surface area contributed by atoms with Gasteiger partial charge < -0.3 is 19.4 Å². The van der Waals surface area contributed by atoms with Gasteiger partial charge >= 0.3 is 0 Å². The van der Waals surface area contributed by atoms with Crippen LogP contribution in [-0.2, 0) is 4.74 Å². The van der Waals surface area contributed by atoms with E-state index in [-0.39, 0.29) is 23.7 Å². The number of nitrogens with one attached hydrogen (secondary N) is 1. The summed E-state index contributed by atoms with van der Waals surface area (Å²) in [6, 6.07) is 0. The molecule has 1 saturated carbocycles. The lowest BCUT2D eigenvalue weighted by atomic mass is 10.1. The summed E-state index contributed by atoms with van der Waals surface area (Å²) in [5.74, 6) is 1.29. The Hall–Kier alpha value is -2.15. The predicted octanol–water partition coefficient (Wildman–Crippen LogP) is 2.50. The smallest absolute Gasteiger partial charge is 0.258 e. The molecule has 1 unspecified atom stereocenters. The third kappa shape index (κ3) is 2.49. The molecule has 2 bridgehead atoms. The summed E-state index contributed by atoms with van der Waals surface area (Å²) in [4.78, 5) is 23.8. The number of hydrogen-bond donors (Lipinski definition) is 1. The van der Waals surface area contributed by atoms with Crippen LogP contribution in [0.25, 0.3) is 11.1 Å². The van der Waals surface area contributed by atoms with E-state index in [0.29, 0.717) is 41.3 Å². The largest absolute Gasteiger partial charge is 0.442 e. The van der Waals surface area contributed by atoms with Crippen LogP contribution in [-0.4, -0.2) is 51.6 Å². The van der Waals surface area contributed by atoms with Gasteiger partial charge in [0, 0.05) is 18.6 Å². The molecule has 0 spiro atoms. The summed E-state index contributed by atoms with van der Waals surface area (Å²) >= 11 is 0. The van der Waals surface area contributed by atoms with Gasteiger partial charge in [-0.1, -0.05) is 0 Å². The maximum absolute atomic E-state index is 13.3. The first-order chi connectivity index (χ1) is 12.0. The Kier molecular flexibility index (Phi) is 3.13. The number of likely N-dealkylation sites (tertiary alicyclic amines) is 1.